The summed E-state index contributed by atoms with van der Waals surface area (Å²) in [6, 6.07) is 0. The van der Waals surface area contributed by atoms with Gasteiger partial charge in [-0.15, -0.1) is 0 Å². The van der Waals surface area contributed by atoms with E-state index in [1.165, 1.54) is 0 Å². The van der Waals surface area contributed by atoms with Gasteiger partial charge in [0.25, 0.3) is 0 Å². The third-order valence-corrected chi connectivity index (χ3v) is 8.76. The molecule has 2 heterocycles. The van der Waals surface area contributed by atoms with Gasteiger partial charge >= 0.3 is 5.97 Å². The van der Waals surface area contributed by atoms with E-state index in [4.69, 9.17) is 14.2 Å². The van der Waals surface area contributed by atoms with Crippen LogP contribution in [0, 0.1) is 34.0 Å². The van der Waals surface area contributed by atoms with Gasteiger partial charge < -0.3 is 24.4 Å². The van der Waals surface area contributed by atoms with Crippen LogP contribution in [0.1, 0.15) is 46.0 Å². The first-order valence-corrected chi connectivity index (χ1v) is 10.2. The molecule has 0 aromatic rings. The van der Waals surface area contributed by atoms with Crippen LogP contribution < -0.4 is 0 Å². The average Bonchev–Trinajstić information content (AvgIpc) is 3.08. The molecule has 2 bridgehead atoms. The zero-order chi connectivity index (χ0) is 19.4. The van der Waals surface area contributed by atoms with E-state index in [1.54, 1.807) is 7.11 Å². The molecule has 5 rings (SSSR count). The van der Waals surface area contributed by atoms with E-state index in [1.807, 2.05) is 0 Å². The number of carbonyl (C=O) groups is 1. The first kappa shape index (κ1) is 18.1. The first-order valence-electron chi connectivity index (χ1n) is 10.2. The lowest BCUT2D eigenvalue weighted by Crippen LogP contribution is -2.69. The molecule has 0 aromatic carbocycles. The maximum Gasteiger partial charge on any atom is 0.317 e. The Kier molecular flexibility index (Phi) is 3.59. The van der Waals surface area contributed by atoms with E-state index < -0.39 is 41.6 Å². The molecule has 0 aromatic heterocycles. The van der Waals surface area contributed by atoms with E-state index in [-0.39, 0.29) is 23.2 Å². The van der Waals surface area contributed by atoms with Crippen LogP contribution in [0.3, 0.4) is 0 Å². The molecule has 0 amide bonds. The first-order chi connectivity index (χ1) is 12.7. The summed E-state index contributed by atoms with van der Waals surface area (Å²) in [5.74, 6) is -0.577. The molecule has 2 saturated heterocycles. The highest BCUT2D eigenvalue weighted by atomic mass is 16.8. The molecule has 0 radical (unpaired) electrons. The Balaban J connectivity index is 1.73. The van der Waals surface area contributed by atoms with Crippen molar-refractivity contribution in [3.8, 4) is 0 Å². The lowest BCUT2D eigenvalue weighted by atomic mass is 9.43. The Labute approximate surface area is 159 Å². The van der Waals surface area contributed by atoms with Crippen molar-refractivity contribution in [3.05, 3.63) is 12.2 Å². The number of aliphatic hydroxyl groups excluding tert-OH is 2. The molecule has 3 saturated carbocycles. The predicted octanol–water partition coefficient (Wildman–Crippen LogP) is 1.99. The van der Waals surface area contributed by atoms with Gasteiger partial charge in [-0.25, -0.2) is 0 Å². The van der Waals surface area contributed by atoms with Crippen molar-refractivity contribution in [1.82, 2.24) is 0 Å². The van der Waals surface area contributed by atoms with Crippen molar-refractivity contribution in [2.24, 2.45) is 34.0 Å². The zero-order valence-electron chi connectivity index (χ0n) is 16.3. The van der Waals surface area contributed by atoms with Crippen LogP contribution in [-0.2, 0) is 19.0 Å². The van der Waals surface area contributed by atoms with Gasteiger partial charge in [0.05, 0.1) is 17.6 Å². The number of carbonyl (C=O) groups excluding carboxylic acids is 1. The minimum atomic E-state index is -1.02. The summed E-state index contributed by atoms with van der Waals surface area (Å²) in [6.45, 7) is 8.45. The molecule has 2 aliphatic heterocycles. The lowest BCUT2D eigenvalue weighted by Gasteiger charge is -2.62. The fraction of sp³-hybridized carbons (Fsp3) is 0.857. The van der Waals surface area contributed by atoms with Gasteiger partial charge in [0.15, 0.2) is 6.29 Å². The summed E-state index contributed by atoms with van der Waals surface area (Å²) < 4.78 is 17.7. The summed E-state index contributed by atoms with van der Waals surface area (Å²) >= 11 is 0. The minimum Gasteiger partial charge on any atom is -0.434 e. The Morgan fingerprint density at radius 3 is 2.67 bits per heavy atom. The summed E-state index contributed by atoms with van der Waals surface area (Å²) in [5, 5.41) is 22.5. The summed E-state index contributed by atoms with van der Waals surface area (Å²) in [5.41, 5.74) is -1.17. The molecule has 150 valence electrons. The van der Waals surface area contributed by atoms with Crippen LogP contribution >= 0.6 is 0 Å². The van der Waals surface area contributed by atoms with Crippen molar-refractivity contribution < 1.29 is 29.2 Å². The Hall–Kier alpha value is -0.950. The topological polar surface area (TPSA) is 85.2 Å². The zero-order valence-corrected chi connectivity index (χ0v) is 16.3. The second-order valence-electron chi connectivity index (χ2n) is 10.0. The van der Waals surface area contributed by atoms with Gasteiger partial charge in [-0.2, -0.15) is 0 Å². The fourth-order valence-electron chi connectivity index (χ4n) is 7.65. The van der Waals surface area contributed by atoms with Crippen LogP contribution in [0.2, 0.25) is 0 Å². The molecule has 5 aliphatic rings. The monoisotopic (exact) mass is 378 g/mol. The van der Waals surface area contributed by atoms with Gasteiger partial charge in [0.2, 0.25) is 6.29 Å². The highest BCUT2D eigenvalue weighted by Gasteiger charge is 2.80. The largest absolute Gasteiger partial charge is 0.434 e. The highest BCUT2D eigenvalue weighted by Crippen LogP contribution is 2.73. The smallest absolute Gasteiger partial charge is 0.317 e. The number of aliphatic hydroxyl groups is 2. The van der Waals surface area contributed by atoms with Crippen LogP contribution in [0.15, 0.2) is 12.2 Å². The predicted molar refractivity (Wildman–Crippen MR) is 95.1 cm³/mol. The van der Waals surface area contributed by atoms with E-state index in [2.05, 4.69) is 20.4 Å². The number of fused-ring (bicyclic) bond motifs is 1. The number of esters is 1. The van der Waals surface area contributed by atoms with Gasteiger partial charge in [-0.05, 0) is 54.9 Å². The SMILES string of the molecule is C=C1[C@@H]2CC[C@@H]3[C@](C2)(C(=O)OC2OC(OC)C4C(C)(C)CC[C@H](O)[C@]243)[C@@H]1O. The van der Waals surface area contributed by atoms with Crippen molar-refractivity contribution in [1.29, 1.82) is 0 Å². The second-order valence-corrected chi connectivity index (χ2v) is 10.0. The summed E-state index contributed by atoms with van der Waals surface area (Å²) in [4.78, 5) is 13.2. The molecule has 2 N–H and O–H groups in total. The second kappa shape index (κ2) is 5.35. The van der Waals surface area contributed by atoms with Crippen molar-refractivity contribution in [3.63, 3.8) is 0 Å². The van der Waals surface area contributed by atoms with E-state index >= 15 is 0 Å². The van der Waals surface area contributed by atoms with Crippen molar-refractivity contribution >= 4 is 5.97 Å². The van der Waals surface area contributed by atoms with E-state index in [0.717, 1.165) is 24.8 Å². The molecule has 2 spiro atoms. The standard InChI is InChI=1S/C21H30O6/c1-10-11-5-6-12-20(9-11,15(10)23)17(24)27-18-21(12)13(22)7-8-19(2,3)14(21)16(25-4)26-18/h11-16,18,22-23H,1,5-9H2,2-4H3/t11-,12-,13+,14?,15-,16?,18?,20+,21+/m1/s1. The number of hydrogen-bond acceptors (Lipinski definition) is 6. The fourth-order valence-corrected chi connectivity index (χ4v) is 7.65. The quantitative estimate of drug-likeness (QED) is 0.536. The summed E-state index contributed by atoms with van der Waals surface area (Å²) in [7, 11) is 1.60. The third kappa shape index (κ3) is 1.84. The number of ether oxygens (including phenoxy) is 3. The molecule has 3 unspecified atom stereocenters. The molecule has 9 atom stereocenters. The number of rotatable bonds is 1. The lowest BCUT2D eigenvalue weighted by molar-refractivity contribution is -0.288. The molecule has 27 heavy (non-hydrogen) atoms. The summed E-state index contributed by atoms with van der Waals surface area (Å²) in [6.07, 6.45) is 0.725. The third-order valence-electron chi connectivity index (χ3n) is 8.76. The van der Waals surface area contributed by atoms with Gasteiger partial charge in [0.1, 0.15) is 5.41 Å². The van der Waals surface area contributed by atoms with E-state index in [0.29, 0.717) is 12.8 Å². The molecule has 6 heteroatoms. The normalized spacial score (nSPS) is 55.5. The van der Waals surface area contributed by atoms with Crippen molar-refractivity contribution in [2.75, 3.05) is 7.11 Å². The van der Waals surface area contributed by atoms with Crippen LogP contribution in [-0.4, -0.2) is 48.1 Å². The molecule has 5 fully saturated rings. The molecular formula is C21H30O6. The molecular weight excluding hydrogens is 348 g/mol. The molecule has 3 aliphatic carbocycles. The van der Waals surface area contributed by atoms with Crippen molar-refractivity contribution in [2.45, 2.75) is 70.7 Å². The number of methoxy groups -OCH3 is 1. The Bertz CT molecular complexity index is 703. The Morgan fingerprint density at radius 2 is 1.96 bits per heavy atom. The van der Waals surface area contributed by atoms with Gasteiger partial charge in [0, 0.05) is 13.0 Å². The minimum absolute atomic E-state index is 0.114. The van der Waals surface area contributed by atoms with Crippen LogP contribution in [0.4, 0.5) is 0 Å². The van der Waals surface area contributed by atoms with Gasteiger partial charge in [-0.3, -0.25) is 4.79 Å². The van der Waals surface area contributed by atoms with E-state index in [9.17, 15) is 15.0 Å². The van der Waals surface area contributed by atoms with Crippen LogP contribution in [0.25, 0.3) is 0 Å². The maximum absolute atomic E-state index is 13.2. The Morgan fingerprint density at radius 1 is 1.22 bits per heavy atom. The number of hydrogen-bond donors (Lipinski definition) is 2. The van der Waals surface area contributed by atoms with Gasteiger partial charge in [-0.1, -0.05) is 20.4 Å². The average molecular weight is 378 g/mol. The highest BCUT2D eigenvalue weighted by molar-refractivity contribution is 5.81. The van der Waals surface area contributed by atoms with Crippen LogP contribution in [0.5, 0.6) is 0 Å². The maximum atomic E-state index is 13.2. The molecule has 6 nitrogen and oxygen atoms in total.